The highest BCUT2D eigenvalue weighted by atomic mass is 16.4. The van der Waals surface area contributed by atoms with Crippen molar-refractivity contribution in [1.82, 2.24) is 0 Å². The standard InChI is InChI=1S/C10H14N2O/c1-10(2,11)9(12-13)8-6-4-3-5-7-8/h3-7,13H,11H2,1-2H3/b12-9-. The maximum atomic E-state index is 8.82. The zero-order valence-electron chi connectivity index (χ0n) is 7.86. The summed E-state index contributed by atoms with van der Waals surface area (Å²) in [5, 5.41) is 12.0. The average Bonchev–Trinajstić information content (AvgIpc) is 2.05. The van der Waals surface area contributed by atoms with Gasteiger partial charge in [-0.3, -0.25) is 0 Å². The molecule has 1 aromatic rings. The number of rotatable bonds is 2. The van der Waals surface area contributed by atoms with Crippen LogP contribution in [0.4, 0.5) is 0 Å². The van der Waals surface area contributed by atoms with Crippen LogP contribution >= 0.6 is 0 Å². The fourth-order valence-corrected chi connectivity index (χ4v) is 1.15. The van der Waals surface area contributed by atoms with Crippen molar-refractivity contribution in [2.24, 2.45) is 10.9 Å². The van der Waals surface area contributed by atoms with E-state index in [1.165, 1.54) is 0 Å². The summed E-state index contributed by atoms with van der Waals surface area (Å²) < 4.78 is 0. The predicted octanol–water partition coefficient (Wildman–Crippen LogP) is 1.60. The first-order valence-corrected chi connectivity index (χ1v) is 4.12. The molecule has 0 saturated heterocycles. The van der Waals surface area contributed by atoms with E-state index < -0.39 is 5.54 Å². The quantitative estimate of drug-likeness (QED) is 0.410. The zero-order valence-corrected chi connectivity index (χ0v) is 7.86. The van der Waals surface area contributed by atoms with Crippen molar-refractivity contribution in [1.29, 1.82) is 0 Å². The molecule has 0 aliphatic carbocycles. The highest BCUT2D eigenvalue weighted by molar-refractivity contribution is 6.06. The molecule has 0 aliphatic rings. The van der Waals surface area contributed by atoms with E-state index in [0.717, 1.165) is 5.56 Å². The van der Waals surface area contributed by atoms with Crippen molar-refractivity contribution in [2.75, 3.05) is 0 Å². The summed E-state index contributed by atoms with van der Waals surface area (Å²) in [7, 11) is 0. The highest BCUT2D eigenvalue weighted by Crippen LogP contribution is 2.10. The Bertz CT molecular complexity index is 298. The molecule has 0 aromatic heterocycles. The molecule has 0 amide bonds. The number of hydrogen-bond acceptors (Lipinski definition) is 3. The number of nitrogens with two attached hydrogens (primary N) is 1. The van der Waals surface area contributed by atoms with Crippen LogP contribution in [0.5, 0.6) is 0 Å². The maximum Gasteiger partial charge on any atom is 0.106 e. The van der Waals surface area contributed by atoms with Crippen LogP contribution in [-0.4, -0.2) is 16.5 Å². The molecule has 1 rings (SSSR count). The molecule has 0 heterocycles. The Morgan fingerprint density at radius 2 is 1.85 bits per heavy atom. The Labute approximate surface area is 77.9 Å². The molecule has 3 N–H and O–H groups in total. The molecule has 3 nitrogen and oxygen atoms in total. The Morgan fingerprint density at radius 3 is 2.23 bits per heavy atom. The Kier molecular flexibility index (Phi) is 2.68. The topological polar surface area (TPSA) is 58.6 Å². The maximum absolute atomic E-state index is 8.82. The second-order valence-corrected chi connectivity index (χ2v) is 3.54. The van der Waals surface area contributed by atoms with Gasteiger partial charge in [0.2, 0.25) is 0 Å². The van der Waals surface area contributed by atoms with E-state index in [1.54, 1.807) is 13.8 Å². The van der Waals surface area contributed by atoms with Crippen molar-refractivity contribution >= 4 is 5.71 Å². The number of oxime groups is 1. The van der Waals surface area contributed by atoms with Crippen LogP contribution in [0.25, 0.3) is 0 Å². The van der Waals surface area contributed by atoms with Crippen molar-refractivity contribution in [3.8, 4) is 0 Å². The van der Waals surface area contributed by atoms with Crippen LogP contribution < -0.4 is 5.73 Å². The molecule has 0 radical (unpaired) electrons. The lowest BCUT2D eigenvalue weighted by Crippen LogP contribution is -2.42. The summed E-state index contributed by atoms with van der Waals surface area (Å²) in [6, 6.07) is 9.40. The van der Waals surface area contributed by atoms with Gasteiger partial charge in [0.1, 0.15) is 5.71 Å². The zero-order chi connectivity index (χ0) is 9.90. The second-order valence-electron chi connectivity index (χ2n) is 3.54. The van der Waals surface area contributed by atoms with Gasteiger partial charge in [-0.1, -0.05) is 35.5 Å². The van der Waals surface area contributed by atoms with Gasteiger partial charge >= 0.3 is 0 Å². The minimum absolute atomic E-state index is 0.494. The molecule has 0 bridgehead atoms. The van der Waals surface area contributed by atoms with Gasteiger partial charge in [0.25, 0.3) is 0 Å². The number of benzene rings is 1. The Balaban J connectivity index is 3.08. The molecule has 1 aromatic carbocycles. The van der Waals surface area contributed by atoms with Gasteiger partial charge in [0.05, 0.1) is 5.54 Å². The summed E-state index contributed by atoms with van der Waals surface area (Å²) in [5.74, 6) is 0. The van der Waals surface area contributed by atoms with Gasteiger partial charge < -0.3 is 10.9 Å². The van der Waals surface area contributed by atoms with Gasteiger partial charge in [0.15, 0.2) is 0 Å². The normalized spacial score (nSPS) is 13.0. The van der Waals surface area contributed by atoms with Gasteiger partial charge in [-0.15, -0.1) is 0 Å². The number of nitrogens with zero attached hydrogens (tertiary/aromatic N) is 1. The van der Waals surface area contributed by atoms with E-state index in [9.17, 15) is 0 Å². The molecule has 70 valence electrons. The van der Waals surface area contributed by atoms with Crippen LogP contribution in [0.2, 0.25) is 0 Å². The minimum atomic E-state index is -0.629. The average molecular weight is 178 g/mol. The third kappa shape index (κ3) is 2.29. The van der Waals surface area contributed by atoms with Crippen molar-refractivity contribution in [3.63, 3.8) is 0 Å². The van der Waals surface area contributed by atoms with Crippen LogP contribution in [-0.2, 0) is 0 Å². The van der Waals surface area contributed by atoms with E-state index in [4.69, 9.17) is 10.9 Å². The highest BCUT2D eigenvalue weighted by Gasteiger charge is 2.21. The molecular formula is C10H14N2O. The van der Waals surface area contributed by atoms with E-state index in [1.807, 2.05) is 30.3 Å². The van der Waals surface area contributed by atoms with E-state index in [-0.39, 0.29) is 0 Å². The molecular weight excluding hydrogens is 164 g/mol. The third-order valence-corrected chi connectivity index (χ3v) is 1.76. The Morgan fingerprint density at radius 1 is 1.31 bits per heavy atom. The fourth-order valence-electron chi connectivity index (χ4n) is 1.15. The van der Waals surface area contributed by atoms with Crippen LogP contribution in [0.1, 0.15) is 19.4 Å². The smallest absolute Gasteiger partial charge is 0.106 e. The molecule has 0 fully saturated rings. The molecule has 0 atom stereocenters. The van der Waals surface area contributed by atoms with Gasteiger partial charge in [-0.25, -0.2) is 0 Å². The van der Waals surface area contributed by atoms with Crippen molar-refractivity contribution in [3.05, 3.63) is 35.9 Å². The van der Waals surface area contributed by atoms with Gasteiger partial charge in [-0.05, 0) is 13.8 Å². The molecule has 0 spiro atoms. The van der Waals surface area contributed by atoms with Crippen LogP contribution in [0, 0.1) is 0 Å². The molecule has 0 unspecified atom stereocenters. The van der Waals surface area contributed by atoms with Gasteiger partial charge in [0, 0.05) is 5.56 Å². The molecule has 13 heavy (non-hydrogen) atoms. The summed E-state index contributed by atoms with van der Waals surface area (Å²) in [6.07, 6.45) is 0. The lowest BCUT2D eigenvalue weighted by Gasteiger charge is -2.19. The minimum Gasteiger partial charge on any atom is -0.411 e. The van der Waals surface area contributed by atoms with Crippen molar-refractivity contribution in [2.45, 2.75) is 19.4 Å². The molecule has 3 heteroatoms. The lowest BCUT2D eigenvalue weighted by molar-refractivity contribution is 0.315. The van der Waals surface area contributed by atoms with Gasteiger partial charge in [-0.2, -0.15) is 0 Å². The third-order valence-electron chi connectivity index (χ3n) is 1.76. The fraction of sp³-hybridized carbons (Fsp3) is 0.300. The van der Waals surface area contributed by atoms with E-state index >= 15 is 0 Å². The van der Waals surface area contributed by atoms with E-state index in [2.05, 4.69) is 5.16 Å². The molecule has 0 aliphatic heterocycles. The monoisotopic (exact) mass is 178 g/mol. The Hall–Kier alpha value is -1.35. The van der Waals surface area contributed by atoms with Crippen LogP contribution in [0.15, 0.2) is 35.5 Å². The van der Waals surface area contributed by atoms with E-state index in [0.29, 0.717) is 5.71 Å². The number of hydrogen-bond donors (Lipinski definition) is 2. The molecule has 0 saturated carbocycles. The first-order chi connectivity index (χ1) is 6.05. The predicted molar refractivity (Wildman–Crippen MR) is 53.0 cm³/mol. The lowest BCUT2D eigenvalue weighted by atomic mass is 9.93. The first-order valence-electron chi connectivity index (χ1n) is 4.12. The summed E-state index contributed by atoms with van der Waals surface area (Å²) in [4.78, 5) is 0. The SMILES string of the molecule is CC(C)(N)/C(=N\O)c1ccccc1. The summed E-state index contributed by atoms with van der Waals surface area (Å²) in [5.41, 5.74) is 6.54. The first kappa shape index (κ1) is 9.74. The summed E-state index contributed by atoms with van der Waals surface area (Å²) >= 11 is 0. The summed E-state index contributed by atoms with van der Waals surface area (Å²) in [6.45, 7) is 3.60. The van der Waals surface area contributed by atoms with Crippen molar-refractivity contribution < 1.29 is 5.21 Å². The van der Waals surface area contributed by atoms with Crippen LogP contribution in [0.3, 0.4) is 0 Å². The largest absolute Gasteiger partial charge is 0.411 e. The second kappa shape index (κ2) is 3.58.